The van der Waals surface area contributed by atoms with Crippen LogP contribution in [0.3, 0.4) is 0 Å². The fourth-order valence-electron chi connectivity index (χ4n) is 5.37. The highest BCUT2D eigenvalue weighted by atomic mass is 19.1. The van der Waals surface area contributed by atoms with Gasteiger partial charge in [-0.1, -0.05) is 29.8 Å². The van der Waals surface area contributed by atoms with Gasteiger partial charge in [0.2, 0.25) is 11.8 Å². The zero-order valence-electron chi connectivity index (χ0n) is 22.0. The van der Waals surface area contributed by atoms with Gasteiger partial charge in [0.05, 0.1) is 17.7 Å². The molecule has 0 radical (unpaired) electrons. The quantitative estimate of drug-likeness (QED) is 0.288. The van der Waals surface area contributed by atoms with E-state index >= 15 is 0 Å². The van der Waals surface area contributed by atoms with Gasteiger partial charge in [-0.25, -0.2) is 8.78 Å². The van der Waals surface area contributed by atoms with Gasteiger partial charge < -0.3 is 20.9 Å². The molecule has 0 aliphatic carbocycles. The molecule has 1 aliphatic rings. The summed E-state index contributed by atoms with van der Waals surface area (Å²) < 4.78 is 30.6. The van der Waals surface area contributed by atoms with E-state index in [1.165, 1.54) is 16.8 Å². The number of primary amides is 1. The maximum Gasteiger partial charge on any atom is 0.269 e. The van der Waals surface area contributed by atoms with E-state index < -0.39 is 35.8 Å². The number of benzene rings is 3. The second-order valence-electron chi connectivity index (χ2n) is 10.2. The first kappa shape index (κ1) is 26.2. The number of aromatic nitrogens is 3. The van der Waals surface area contributed by atoms with Crippen molar-refractivity contribution in [3.05, 3.63) is 83.8 Å². The van der Waals surface area contributed by atoms with E-state index in [0.29, 0.717) is 16.5 Å². The molecule has 9 nitrogen and oxygen atoms in total. The minimum atomic E-state index is -1.43. The van der Waals surface area contributed by atoms with Crippen molar-refractivity contribution >= 4 is 45.2 Å². The maximum atomic E-state index is 14.8. The molecule has 2 unspecified atom stereocenters. The summed E-state index contributed by atoms with van der Waals surface area (Å²) in [5.74, 6) is -2.69. The first-order valence-corrected chi connectivity index (χ1v) is 13.1. The molecule has 0 saturated carbocycles. The summed E-state index contributed by atoms with van der Waals surface area (Å²) in [5.41, 5.74) is 9.27. The molecule has 1 saturated heterocycles. The third-order valence-electron chi connectivity index (χ3n) is 7.36. The number of aryl methyl sites for hydroxylation is 1. The van der Waals surface area contributed by atoms with Gasteiger partial charge in [-0.05, 0) is 49.4 Å². The first-order chi connectivity index (χ1) is 19.7. The average Bonchev–Trinajstić information content (AvgIpc) is 3.65. The molecule has 1 fully saturated rings. The van der Waals surface area contributed by atoms with Crippen LogP contribution in [0.1, 0.15) is 22.5 Å². The molecule has 2 atom stereocenters. The molecule has 11 heteroatoms. The minimum Gasteiger partial charge on any atom is -0.364 e. The van der Waals surface area contributed by atoms with Gasteiger partial charge in [0.15, 0.2) is 5.69 Å². The second-order valence-corrected chi connectivity index (χ2v) is 10.2. The zero-order valence-corrected chi connectivity index (χ0v) is 22.0. The predicted molar refractivity (Wildman–Crippen MR) is 150 cm³/mol. The van der Waals surface area contributed by atoms with Crippen molar-refractivity contribution in [1.29, 1.82) is 0 Å². The number of nitrogens with one attached hydrogen (secondary N) is 2. The van der Waals surface area contributed by atoms with Crippen molar-refractivity contribution < 1.29 is 23.2 Å². The topological polar surface area (TPSA) is 126 Å². The lowest BCUT2D eigenvalue weighted by Crippen LogP contribution is -2.44. The number of para-hydroxylation sites is 1. The highest BCUT2D eigenvalue weighted by molar-refractivity contribution is 6.04. The monoisotopic (exact) mass is 556 g/mol. The van der Waals surface area contributed by atoms with Crippen molar-refractivity contribution in [2.75, 3.05) is 11.9 Å². The lowest BCUT2D eigenvalue weighted by molar-refractivity contribution is -0.137. The fourth-order valence-corrected chi connectivity index (χ4v) is 5.37. The Morgan fingerprint density at radius 3 is 2.71 bits per heavy atom. The van der Waals surface area contributed by atoms with Crippen LogP contribution >= 0.6 is 0 Å². The van der Waals surface area contributed by atoms with Crippen LogP contribution in [0.4, 0.5) is 14.5 Å². The molecule has 0 bridgehead atoms. The van der Waals surface area contributed by atoms with E-state index in [0.717, 1.165) is 27.1 Å². The molecule has 3 heterocycles. The van der Waals surface area contributed by atoms with Gasteiger partial charge >= 0.3 is 0 Å². The molecule has 6 rings (SSSR count). The number of carbonyl (C=O) groups excluding carboxylic acids is 3. The van der Waals surface area contributed by atoms with Crippen LogP contribution in [0.25, 0.3) is 33.1 Å². The summed E-state index contributed by atoms with van der Waals surface area (Å²) in [4.78, 5) is 42.8. The SMILES string of the molecule is Cc1ccc2[nH]c(-c3ccc(F)c(NC(=O)C4CC(F)CN4C(=O)Cn4nc(C(N)=O)c5ccccc54)c3)cc2c1. The van der Waals surface area contributed by atoms with Crippen molar-refractivity contribution in [3.63, 3.8) is 0 Å². The van der Waals surface area contributed by atoms with Gasteiger partial charge in [-0.15, -0.1) is 0 Å². The number of fused-ring (bicyclic) bond motifs is 2. The number of amides is 3. The van der Waals surface area contributed by atoms with Crippen LogP contribution in [0.2, 0.25) is 0 Å². The number of nitrogens with zero attached hydrogens (tertiary/aromatic N) is 3. The molecule has 1 aliphatic heterocycles. The summed E-state index contributed by atoms with van der Waals surface area (Å²) in [6.45, 7) is 1.36. The number of anilines is 1. The molecule has 2 aromatic heterocycles. The van der Waals surface area contributed by atoms with Gasteiger partial charge in [-0.2, -0.15) is 5.10 Å². The Bertz CT molecular complexity index is 1840. The largest absolute Gasteiger partial charge is 0.364 e. The second kappa shape index (κ2) is 10.2. The van der Waals surface area contributed by atoms with Crippen molar-refractivity contribution in [3.8, 4) is 11.3 Å². The summed E-state index contributed by atoms with van der Waals surface area (Å²) in [5, 5.41) is 8.20. The summed E-state index contributed by atoms with van der Waals surface area (Å²) in [7, 11) is 0. The number of rotatable bonds is 6. The van der Waals surface area contributed by atoms with Gasteiger partial charge in [0.1, 0.15) is 24.6 Å². The smallest absolute Gasteiger partial charge is 0.269 e. The number of alkyl halides is 1. The zero-order chi connectivity index (χ0) is 28.8. The number of halogens is 2. The van der Waals surface area contributed by atoms with Crippen LogP contribution in [-0.4, -0.2) is 56.1 Å². The van der Waals surface area contributed by atoms with E-state index in [1.54, 1.807) is 30.3 Å². The van der Waals surface area contributed by atoms with Crippen molar-refractivity contribution in [1.82, 2.24) is 19.7 Å². The van der Waals surface area contributed by atoms with Crippen LogP contribution in [-0.2, 0) is 16.1 Å². The maximum absolute atomic E-state index is 14.8. The third kappa shape index (κ3) is 4.90. The predicted octanol–water partition coefficient (Wildman–Crippen LogP) is 4.31. The van der Waals surface area contributed by atoms with E-state index in [1.807, 2.05) is 31.2 Å². The van der Waals surface area contributed by atoms with Crippen LogP contribution < -0.4 is 11.1 Å². The Balaban J connectivity index is 1.23. The Morgan fingerprint density at radius 2 is 1.90 bits per heavy atom. The molecular formula is C30H26F2N6O3. The molecule has 3 amide bonds. The summed E-state index contributed by atoms with van der Waals surface area (Å²) in [6.07, 6.45) is -1.66. The highest BCUT2D eigenvalue weighted by Gasteiger charge is 2.40. The van der Waals surface area contributed by atoms with E-state index in [-0.39, 0.29) is 30.9 Å². The van der Waals surface area contributed by atoms with Crippen molar-refractivity contribution in [2.45, 2.75) is 32.1 Å². The Morgan fingerprint density at radius 1 is 1.10 bits per heavy atom. The number of carbonyl (C=O) groups is 3. The van der Waals surface area contributed by atoms with Crippen LogP contribution in [0.5, 0.6) is 0 Å². The van der Waals surface area contributed by atoms with Crippen LogP contribution in [0, 0.1) is 12.7 Å². The van der Waals surface area contributed by atoms with Gasteiger partial charge in [0.25, 0.3) is 5.91 Å². The molecular weight excluding hydrogens is 530 g/mol. The minimum absolute atomic E-state index is 0.00735. The summed E-state index contributed by atoms with van der Waals surface area (Å²) >= 11 is 0. The van der Waals surface area contributed by atoms with Gasteiger partial charge in [-0.3, -0.25) is 19.1 Å². The summed E-state index contributed by atoms with van der Waals surface area (Å²) in [6, 6.07) is 17.9. The Labute approximate surface area is 232 Å². The fraction of sp³-hybridized carbons (Fsp3) is 0.200. The molecule has 3 aromatic carbocycles. The Kier molecular flexibility index (Phi) is 6.49. The molecule has 5 aromatic rings. The Hall–Kier alpha value is -5.06. The third-order valence-corrected chi connectivity index (χ3v) is 7.36. The number of likely N-dealkylation sites (tertiary alicyclic amines) is 1. The van der Waals surface area contributed by atoms with Gasteiger partial charge in [0, 0.05) is 34.0 Å². The molecule has 208 valence electrons. The number of H-pyrrole nitrogens is 1. The van der Waals surface area contributed by atoms with E-state index in [2.05, 4.69) is 15.4 Å². The van der Waals surface area contributed by atoms with Crippen molar-refractivity contribution in [2.24, 2.45) is 5.73 Å². The molecule has 4 N–H and O–H groups in total. The number of aromatic amines is 1. The molecule has 41 heavy (non-hydrogen) atoms. The standard InChI is InChI=1S/C30H26F2N6O3/c1-16-6-9-22-18(10-16)12-23(34-22)17-7-8-21(32)24(11-17)35-30(41)26-13-19(31)14-37(26)27(39)15-38-25-5-3-2-4-20(25)28(36-38)29(33)40/h2-12,19,26,34H,13-15H2,1H3,(H2,33,40)(H,35,41). The first-order valence-electron chi connectivity index (χ1n) is 13.1. The average molecular weight is 557 g/mol. The lowest BCUT2D eigenvalue weighted by Gasteiger charge is -2.24. The number of nitrogens with two attached hydrogens (primary N) is 1. The normalized spacial score (nSPS) is 16.9. The number of hydrogen-bond donors (Lipinski definition) is 3. The molecule has 0 spiro atoms. The lowest BCUT2D eigenvalue weighted by atomic mass is 10.1. The van der Waals surface area contributed by atoms with Crippen LogP contribution in [0.15, 0.2) is 66.7 Å². The highest BCUT2D eigenvalue weighted by Crippen LogP contribution is 2.29. The number of hydrogen-bond acceptors (Lipinski definition) is 4. The van der Waals surface area contributed by atoms with E-state index in [9.17, 15) is 23.2 Å². The van der Waals surface area contributed by atoms with E-state index in [4.69, 9.17) is 5.73 Å².